The maximum absolute atomic E-state index is 15.6. The van der Waals surface area contributed by atoms with Gasteiger partial charge in [0.05, 0.1) is 24.4 Å². The van der Waals surface area contributed by atoms with Crippen molar-refractivity contribution in [1.82, 2.24) is 9.47 Å². The van der Waals surface area contributed by atoms with Crippen molar-refractivity contribution in [2.75, 3.05) is 44.2 Å². The maximum Gasteiger partial charge on any atom is 0.491 e. The fourth-order valence-corrected chi connectivity index (χ4v) is 6.18. The van der Waals surface area contributed by atoms with Crippen molar-refractivity contribution in [2.24, 2.45) is 0 Å². The van der Waals surface area contributed by atoms with Gasteiger partial charge in [-0.3, -0.25) is 9.69 Å². The van der Waals surface area contributed by atoms with E-state index in [-0.39, 0.29) is 23.6 Å². The van der Waals surface area contributed by atoms with Crippen LogP contribution in [-0.4, -0.2) is 66.9 Å². The molecule has 0 unspecified atom stereocenters. The van der Waals surface area contributed by atoms with Crippen LogP contribution >= 0.6 is 0 Å². The van der Waals surface area contributed by atoms with Crippen molar-refractivity contribution in [1.29, 1.82) is 0 Å². The SMILES string of the molecule is O=C(OCc1ccccc1)c1cn(C2CC2)c2cc(N3CCN(CCCOc4ccc5c(c4)B(O)OC5)CC3)c(F)cc2c1=O. The largest absolute Gasteiger partial charge is 0.494 e. The molecule has 45 heavy (non-hydrogen) atoms. The summed E-state index contributed by atoms with van der Waals surface area (Å²) in [6, 6.07) is 18.2. The van der Waals surface area contributed by atoms with E-state index in [2.05, 4.69) is 4.90 Å². The van der Waals surface area contributed by atoms with Crippen molar-refractivity contribution in [3.63, 3.8) is 0 Å². The Labute approximate surface area is 260 Å². The van der Waals surface area contributed by atoms with Crippen LogP contribution in [0, 0.1) is 5.82 Å². The molecule has 1 saturated carbocycles. The van der Waals surface area contributed by atoms with Crippen LogP contribution in [-0.2, 0) is 22.6 Å². The molecular formula is C34H35BFN3O6. The van der Waals surface area contributed by atoms with E-state index in [9.17, 15) is 14.6 Å². The van der Waals surface area contributed by atoms with Crippen molar-refractivity contribution in [3.05, 3.63) is 99.6 Å². The number of benzene rings is 3. The Hall–Kier alpha value is -4.19. The lowest BCUT2D eigenvalue weighted by Crippen LogP contribution is -2.47. The summed E-state index contributed by atoms with van der Waals surface area (Å²) >= 11 is 0. The smallest absolute Gasteiger partial charge is 0.491 e. The van der Waals surface area contributed by atoms with Crippen LogP contribution in [0.4, 0.5) is 10.1 Å². The first kappa shape index (κ1) is 29.5. The molecule has 11 heteroatoms. The number of carbonyl (C=O) groups excluding carboxylic acids is 1. The second-order valence-electron chi connectivity index (χ2n) is 11.9. The number of nitrogens with zero attached hydrogens (tertiary/aromatic N) is 3. The molecule has 0 atom stereocenters. The van der Waals surface area contributed by atoms with Gasteiger partial charge in [-0.2, -0.15) is 0 Å². The predicted molar refractivity (Wildman–Crippen MR) is 170 cm³/mol. The summed E-state index contributed by atoms with van der Waals surface area (Å²) in [7, 11) is -0.889. The second kappa shape index (κ2) is 12.7. The second-order valence-corrected chi connectivity index (χ2v) is 11.9. The first-order valence-electron chi connectivity index (χ1n) is 15.6. The number of pyridine rings is 1. The maximum atomic E-state index is 15.6. The number of fused-ring (bicyclic) bond motifs is 2. The molecule has 3 heterocycles. The van der Waals surface area contributed by atoms with E-state index in [1.807, 2.05) is 58.0 Å². The highest BCUT2D eigenvalue weighted by Gasteiger charge is 2.30. The van der Waals surface area contributed by atoms with Crippen LogP contribution in [0.25, 0.3) is 10.9 Å². The minimum absolute atomic E-state index is 0.0579. The molecule has 232 valence electrons. The fraction of sp³-hybridized carbons (Fsp3) is 0.353. The van der Waals surface area contributed by atoms with E-state index in [0.29, 0.717) is 37.5 Å². The van der Waals surface area contributed by atoms with Gasteiger partial charge in [-0.25, -0.2) is 9.18 Å². The lowest BCUT2D eigenvalue weighted by molar-refractivity contribution is 0.0470. The molecule has 0 bridgehead atoms. The molecule has 9 nitrogen and oxygen atoms in total. The molecule has 0 radical (unpaired) electrons. The number of anilines is 1. The van der Waals surface area contributed by atoms with Gasteiger partial charge in [-0.1, -0.05) is 36.4 Å². The summed E-state index contributed by atoms with van der Waals surface area (Å²) < 4.78 is 34.1. The molecule has 2 aliphatic heterocycles. The van der Waals surface area contributed by atoms with Crippen LogP contribution in [0.5, 0.6) is 5.75 Å². The average molecular weight is 611 g/mol. The van der Waals surface area contributed by atoms with Gasteiger partial charge in [0, 0.05) is 50.3 Å². The Morgan fingerprint density at radius 3 is 2.62 bits per heavy atom. The number of aromatic nitrogens is 1. The summed E-state index contributed by atoms with van der Waals surface area (Å²) in [5.41, 5.74) is 3.10. The summed E-state index contributed by atoms with van der Waals surface area (Å²) in [5.74, 6) is -0.453. The Morgan fingerprint density at radius 1 is 1.04 bits per heavy atom. The third-order valence-corrected chi connectivity index (χ3v) is 8.85. The zero-order valence-electron chi connectivity index (χ0n) is 25.0. The van der Waals surface area contributed by atoms with Crippen LogP contribution in [0.15, 0.2) is 71.7 Å². The fourth-order valence-electron chi connectivity index (χ4n) is 6.18. The molecule has 1 aliphatic carbocycles. The number of ether oxygens (including phenoxy) is 2. The Bertz CT molecular complexity index is 1770. The molecule has 0 amide bonds. The molecular weight excluding hydrogens is 576 g/mol. The minimum Gasteiger partial charge on any atom is -0.494 e. The first-order valence-corrected chi connectivity index (χ1v) is 15.6. The summed E-state index contributed by atoms with van der Waals surface area (Å²) in [6.45, 7) is 4.75. The van der Waals surface area contributed by atoms with Crippen molar-refractivity contribution in [3.8, 4) is 5.75 Å². The number of esters is 1. The average Bonchev–Trinajstić information content (AvgIpc) is 3.85. The van der Waals surface area contributed by atoms with Crippen LogP contribution < -0.4 is 20.5 Å². The third-order valence-electron chi connectivity index (χ3n) is 8.85. The Balaban J connectivity index is 0.989. The number of piperazine rings is 1. The molecule has 7 rings (SSSR count). The van der Waals surface area contributed by atoms with E-state index in [1.54, 1.807) is 12.3 Å². The topological polar surface area (TPSA) is 93.5 Å². The van der Waals surface area contributed by atoms with Gasteiger partial charge < -0.3 is 28.6 Å². The highest BCUT2D eigenvalue weighted by atomic mass is 19.1. The monoisotopic (exact) mass is 611 g/mol. The molecule has 1 N–H and O–H groups in total. The summed E-state index contributed by atoms with van der Waals surface area (Å²) in [5, 5.41) is 10.1. The number of rotatable bonds is 10. The molecule has 4 aromatic rings. The van der Waals surface area contributed by atoms with Crippen molar-refractivity contribution < 1.29 is 28.3 Å². The van der Waals surface area contributed by atoms with Crippen molar-refractivity contribution >= 4 is 35.1 Å². The zero-order chi connectivity index (χ0) is 30.9. The number of carbonyl (C=O) groups is 1. The molecule has 0 spiro atoms. The van der Waals surface area contributed by atoms with Crippen LogP contribution in [0.2, 0.25) is 0 Å². The minimum atomic E-state index is -0.889. The van der Waals surface area contributed by atoms with Crippen molar-refractivity contribution in [2.45, 2.75) is 38.5 Å². The Morgan fingerprint density at radius 2 is 1.84 bits per heavy atom. The van der Waals surface area contributed by atoms with Gasteiger partial charge in [0.1, 0.15) is 23.7 Å². The van der Waals surface area contributed by atoms with E-state index in [0.717, 1.165) is 61.2 Å². The highest BCUT2D eigenvalue weighted by molar-refractivity contribution is 6.61. The lowest BCUT2D eigenvalue weighted by atomic mass is 9.79. The summed E-state index contributed by atoms with van der Waals surface area (Å²) in [4.78, 5) is 30.7. The lowest BCUT2D eigenvalue weighted by Gasteiger charge is -2.36. The van der Waals surface area contributed by atoms with Gasteiger partial charge in [-0.05, 0) is 60.1 Å². The molecule has 1 saturated heterocycles. The third kappa shape index (κ3) is 6.33. The predicted octanol–water partition coefficient (Wildman–Crippen LogP) is 3.64. The molecule has 2 fully saturated rings. The van der Waals surface area contributed by atoms with E-state index >= 15 is 4.39 Å². The number of halogens is 1. The van der Waals surface area contributed by atoms with E-state index < -0.39 is 24.3 Å². The van der Waals surface area contributed by atoms with Gasteiger partial charge in [0.25, 0.3) is 0 Å². The van der Waals surface area contributed by atoms with Crippen LogP contribution in [0.3, 0.4) is 0 Å². The van der Waals surface area contributed by atoms with E-state index in [4.69, 9.17) is 14.1 Å². The van der Waals surface area contributed by atoms with Gasteiger partial charge in [0.2, 0.25) is 5.43 Å². The standard InChI is InChI=1S/C34H35BFN3O6/c36-30-18-27-31(39(25-8-9-25)20-28(33(27)40)34(41)44-21-23-5-2-1-3-6-23)19-32(30)38-14-12-37(13-15-38)11-4-16-43-26-10-7-24-22-45-35(42)29(24)17-26/h1-3,5-7,10,17-20,25,42H,4,8-9,11-16,21-22H2. The highest BCUT2D eigenvalue weighted by Crippen LogP contribution is 2.38. The van der Waals surface area contributed by atoms with Gasteiger partial charge in [-0.15, -0.1) is 0 Å². The first-order chi connectivity index (χ1) is 21.9. The van der Waals surface area contributed by atoms with E-state index in [1.165, 1.54) is 6.07 Å². The molecule has 3 aliphatic rings. The number of hydrogen-bond donors (Lipinski definition) is 1. The number of hydrogen-bond acceptors (Lipinski definition) is 8. The zero-order valence-corrected chi connectivity index (χ0v) is 25.0. The quantitative estimate of drug-likeness (QED) is 0.165. The van der Waals surface area contributed by atoms with Gasteiger partial charge >= 0.3 is 13.1 Å². The van der Waals surface area contributed by atoms with Crippen LogP contribution in [0.1, 0.15) is 46.8 Å². The van der Waals surface area contributed by atoms with Gasteiger partial charge in [0.15, 0.2) is 0 Å². The molecule has 1 aromatic heterocycles. The normalized spacial score (nSPS) is 16.7. The Kier molecular flexibility index (Phi) is 8.31. The molecule has 3 aromatic carbocycles. The summed E-state index contributed by atoms with van der Waals surface area (Å²) in [6.07, 6.45) is 4.31.